The first kappa shape index (κ1) is 68.0. The number of esters is 1. The van der Waals surface area contributed by atoms with E-state index >= 15 is 4.79 Å². The normalized spacial score (nSPS) is 17.4. The molecule has 1 saturated heterocycles. The average Bonchev–Trinajstić information content (AvgIpc) is 0.738. The molecule has 0 spiro atoms. The molecule has 93 heavy (non-hydrogen) atoms. The third-order valence-electron chi connectivity index (χ3n) is 17.9. The van der Waals surface area contributed by atoms with Crippen molar-refractivity contribution in [2.24, 2.45) is 0 Å². The summed E-state index contributed by atoms with van der Waals surface area (Å²) < 4.78 is 64.6. The molecule has 1 aromatic heterocycles. The van der Waals surface area contributed by atoms with Crippen molar-refractivity contribution in [3.05, 3.63) is 229 Å². The van der Waals surface area contributed by atoms with Crippen LogP contribution in [0, 0.1) is 0 Å². The molecule has 1 aliphatic heterocycles. The molecule has 1 fully saturated rings. The highest BCUT2D eigenvalue weighted by Gasteiger charge is 2.56. The van der Waals surface area contributed by atoms with Gasteiger partial charge < -0.3 is 41.4 Å². The fraction of sp³-hybridized carbons (Fsp3) is 0.342. The van der Waals surface area contributed by atoms with Crippen molar-refractivity contribution in [1.82, 2.24) is 0 Å². The van der Waals surface area contributed by atoms with Crippen LogP contribution in [-0.2, 0) is 23.7 Å². The maximum atomic E-state index is 16.9. The fourth-order valence-electron chi connectivity index (χ4n) is 13.5. The lowest BCUT2D eigenvalue weighted by atomic mass is 9.98. The average molecular weight is 1300 g/mol. The topological polar surface area (TPSA) is 121 Å². The highest BCUT2D eigenvalue weighted by atomic mass is 28.4. The Morgan fingerprint density at radius 3 is 1.23 bits per heavy atom. The Labute approximate surface area is 553 Å². The van der Waals surface area contributed by atoms with Crippen molar-refractivity contribution >= 4 is 73.0 Å². The molecule has 10 rings (SSSR count). The van der Waals surface area contributed by atoms with E-state index in [0.29, 0.717) is 30.3 Å². The first-order valence-electron chi connectivity index (χ1n) is 33.0. The minimum absolute atomic E-state index is 0.0890. The van der Waals surface area contributed by atoms with Gasteiger partial charge >= 0.3 is 30.9 Å². The van der Waals surface area contributed by atoms with Crippen LogP contribution in [0.5, 0.6) is 23.0 Å². The van der Waals surface area contributed by atoms with Gasteiger partial charge in [0.1, 0.15) is 40.4 Å². The van der Waals surface area contributed by atoms with Crippen molar-refractivity contribution in [2.75, 3.05) is 13.2 Å². The molecule has 8 aromatic carbocycles. The summed E-state index contributed by atoms with van der Waals surface area (Å²) in [4.78, 5) is 30.4. The van der Waals surface area contributed by atoms with Crippen LogP contribution in [0.1, 0.15) is 116 Å². The number of unbranched alkanes of at least 4 members (excludes halogenated alkanes) is 2. The Morgan fingerprint density at radius 1 is 0.473 bits per heavy atom. The molecule has 5 atom stereocenters. The number of hydrogen-bond acceptors (Lipinski definition) is 11. The summed E-state index contributed by atoms with van der Waals surface area (Å²) in [5.74, 6) is 0.630. The monoisotopic (exact) mass is 1300 g/mol. The fourth-order valence-corrected chi connectivity index (χ4v) is 26.7. The maximum absolute atomic E-state index is 16.9. The Bertz CT molecular complexity index is 3830. The number of benzene rings is 8. The molecule has 0 saturated carbocycles. The molecule has 2 heterocycles. The van der Waals surface area contributed by atoms with Gasteiger partial charge in [-0.05, 0) is 90.3 Å². The van der Waals surface area contributed by atoms with Gasteiger partial charge in [-0.3, -0.25) is 9.59 Å². The predicted octanol–water partition coefficient (Wildman–Crippen LogP) is 14.7. The second-order valence-electron chi connectivity index (χ2n) is 27.5. The summed E-state index contributed by atoms with van der Waals surface area (Å²) in [6.45, 7) is 28.3. The number of fused-ring (bicyclic) bond motifs is 1. The van der Waals surface area contributed by atoms with Gasteiger partial charge in [-0.25, -0.2) is 0 Å². The molecule has 486 valence electrons. The molecular formula is C79H92O11Si3. The minimum atomic E-state index is -3.58. The van der Waals surface area contributed by atoms with Crippen LogP contribution in [0.25, 0.3) is 22.3 Å². The van der Waals surface area contributed by atoms with Gasteiger partial charge in [0.25, 0.3) is 0 Å². The van der Waals surface area contributed by atoms with E-state index in [2.05, 4.69) is 197 Å². The molecule has 0 amide bonds. The SMILES string of the molecule is CCCCOC1C(C)OC(Oc2c(-c3ccc(O[Si](c4ccccc4)(c4ccccc4)C(C)(C)C)cc3)oc3cc(O[Si](c4ccccc4)(c4ccccc4)C(C)(C)C)cc(O[Si](c4ccccc4)(c4ccccc4)C(C)(C)C)c3c2=O)C(OC(C)=O)C1OCCCC. The van der Waals surface area contributed by atoms with Crippen LogP contribution in [-0.4, -0.2) is 74.8 Å². The van der Waals surface area contributed by atoms with Gasteiger partial charge in [0, 0.05) is 37.8 Å². The van der Waals surface area contributed by atoms with E-state index in [0.717, 1.165) is 56.8 Å². The third-order valence-corrected chi connectivity index (χ3v) is 32.8. The van der Waals surface area contributed by atoms with Gasteiger partial charge in [-0.15, -0.1) is 0 Å². The molecule has 9 aromatic rings. The largest absolute Gasteiger partial charge is 0.534 e. The Hall–Kier alpha value is -7.83. The Morgan fingerprint density at radius 2 is 0.849 bits per heavy atom. The second kappa shape index (κ2) is 28.8. The van der Waals surface area contributed by atoms with Gasteiger partial charge in [0.15, 0.2) is 11.9 Å². The van der Waals surface area contributed by atoms with Gasteiger partial charge in [-0.1, -0.05) is 271 Å². The molecule has 14 heteroatoms. The number of carbonyl (C=O) groups excluding carboxylic acids is 1. The van der Waals surface area contributed by atoms with Crippen molar-refractivity contribution in [2.45, 2.75) is 162 Å². The molecule has 0 aliphatic carbocycles. The summed E-state index contributed by atoms with van der Waals surface area (Å²) in [6.07, 6.45) is -1.39. The smallest absolute Gasteiger partial charge is 0.319 e. The van der Waals surface area contributed by atoms with Crippen LogP contribution in [0.2, 0.25) is 15.1 Å². The number of carbonyl (C=O) groups is 1. The maximum Gasteiger partial charge on any atom is 0.319 e. The molecular weight excluding hydrogens is 1210 g/mol. The van der Waals surface area contributed by atoms with Crippen LogP contribution in [0.3, 0.4) is 0 Å². The lowest BCUT2D eigenvalue weighted by Gasteiger charge is -2.44. The van der Waals surface area contributed by atoms with E-state index in [1.54, 1.807) is 0 Å². The first-order chi connectivity index (χ1) is 44.6. The first-order valence-corrected chi connectivity index (χ1v) is 38.7. The predicted molar refractivity (Wildman–Crippen MR) is 382 cm³/mol. The van der Waals surface area contributed by atoms with Crippen molar-refractivity contribution in [3.8, 4) is 34.3 Å². The van der Waals surface area contributed by atoms with E-state index in [-0.39, 0.29) is 33.3 Å². The highest BCUT2D eigenvalue weighted by Crippen LogP contribution is 2.46. The van der Waals surface area contributed by atoms with Crippen LogP contribution >= 0.6 is 0 Å². The standard InChI is InChI=1S/C79H92O11Si3/c1-14-16-52-82-71-56(3)84-76(75(85-57(4)80)74(71)83-53-17-15-2)87-73-70(81)69-67(86-72(73)58-48-50-59(51-49-58)88-91(77(5,6)7,61-36-24-18-25-37-61)62-38-26-19-27-39-62)54-60(89-92(78(8,9)10,63-40-28-20-29-41-63)64-42-30-21-31-43-64)55-68(69)90-93(79(11,12)13,65-44-32-22-33-45-65)66-46-34-23-35-47-66/h18-51,54-56,71,74-76H,14-17,52-53H2,1-13H3. The minimum Gasteiger partial charge on any atom is -0.534 e. The third kappa shape index (κ3) is 13.9. The van der Waals surface area contributed by atoms with Gasteiger partial charge in [-0.2, -0.15) is 0 Å². The van der Waals surface area contributed by atoms with Crippen LogP contribution in [0.4, 0.5) is 0 Å². The number of rotatable bonds is 24. The zero-order valence-corrected chi connectivity index (χ0v) is 59.4. The number of hydrogen-bond donors (Lipinski definition) is 0. The summed E-state index contributed by atoms with van der Waals surface area (Å²) in [5, 5.41) is 5.11. The van der Waals surface area contributed by atoms with Crippen molar-refractivity contribution in [3.63, 3.8) is 0 Å². The van der Waals surface area contributed by atoms with Gasteiger partial charge in [0.2, 0.25) is 17.5 Å². The van der Waals surface area contributed by atoms with Crippen LogP contribution in [0.15, 0.2) is 228 Å². The highest BCUT2D eigenvalue weighted by molar-refractivity contribution is 7.01. The Kier molecular flexibility index (Phi) is 21.1. The van der Waals surface area contributed by atoms with E-state index in [1.807, 2.05) is 104 Å². The molecule has 5 unspecified atom stereocenters. The zero-order valence-electron chi connectivity index (χ0n) is 56.4. The van der Waals surface area contributed by atoms with E-state index in [4.69, 9.17) is 41.4 Å². The summed E-state index contributed by atoms with van der Waals surface area (Å²) in [5.41, 5.74) is 0.139. The lowest BCUT2D eigenvalue weighted by Crippen LogP contribution is -2.69. The lowest BCUT2D eigenvalue weighted by molar-refractivity contribution is -0.289. The quantitative estimate of drug-likeness (QED) is 0.0327. The molecule has 0 bridgehead atoms. The summed E-state index contributed by atoms with van der Waals surface area (Å²) >= 11 is 0. The van der Waals surface area contributed by atoms with Crippen LogP contribution < -0.4 is 54.6 Å². The summed E-state index contributed by atoms with van der Waals surface area (Å²) in [6, 6.07) is 74.0. The Balaban J connectivity index is 1.27. The van der Waals surface area contributed by atoms with Gasteiger partial charge in [0.05, 0.1) is 6.10 Å². The van der Waals surface area contributed by atoms with Crippen molar-refractivity contribution < 1.29 is 46.2 Å². The second-order valence-corrected chi connectivity index (χ2v) is 40.1. The molecule has 0 radical (unpaired) electrons. The summed E-state index contributed by atoms with van der Waals surface area (Å²) in [7, 11) is -10.1. The molecule has 11 nitrogen and oxygen atoms in total. The zero-order chi connectivity index (χ0) is 66.2. The molecule has 0 N–H and O–H groups in total. The molecule has 1 aliphatic rings. The van der Waals surface area contributed by atoms with E-state index in [1.165, 1.54) is 6.92 Å². The van der Waals surface area contributed by atoms with Crippen molar-refractivity contribution in [1.29, 1.82) is 0 Å². The number of ether oxygens (including phenoxy) is 5. The van der Waals surface area contributed by atoms with E-state index < -0.39 is 77.1 Å². The van der Waals surface area contributed by atoms with E-state index in [9.17, 15) is 4.79 Å².